The van der Waals surface area contributed by atoms with Crippen molar-refractivity contribution >= 4 is 17.3 Å². The van der Waals surface area contributed by atoms with Crippen LogP contribution in [0.5, 0.6) is 17.2 Å². The molecule has 0 bridgehead atoms. The number of rotatable bonds is 6. The first-order chi connectivity index (χ1) is 20.5. The molecule has 6 atom stereocenters. The maximum Gasteiger partial charge on any atom is 0.202 e. The van der Waals surface area contributed by atoms with Gasteiger partial charge in [0.1, 0.15) is 29.5 Å². The molecule has 0 aromatic heterocycles. The van der Waals surface area contributed by atoms with Crippen molar-refractivity contribution in [3.05, 3.63) is 63.9 Å². The minimum Gasteiger partial charge on any atom is -0.550 e. The number of aliphatic hydroxyl groups is 3. The van der Waals surface area contributed by atoms with Gasteiger partial charge in [0, 0.05) is 58.8 Å². The molecule has 0 spiro atoms. The number of carbonyl (C=O) groups excluding carboxylic acids is 3. The maximum absolute atomic E-state index is 13.8. The quantitative estimate of drug-likeness (QED) is 0.189. The second kappa shape index (κ2) is 11.9. The van der Waals surface area contributed by atoms with Crippen LogP contribution in [-0.2, 0) is 37.5 Å². The number of hydrogen-bond acceptors (Lipinski definition) is 12. The van der Waals surface area contributed by atoms with Crippen LogP contribution in [0.2, 0.25) is 0 Å². The molecule has 1 radical (unpaired) electrons. The van der Waals surface area contributed by atoms with E-state index in [-0.39, 0.29) is 51.2 Å². The van der Waals surface area contributed by atoms with Crippen molar-refractivity contribution in [1.82, 2.24) is 4.90 Å². The van der Waals surface area contributed by atoms with Gasteiger partial charge in [-0.2, -0.15) is 0 Å². The van der Waals surface area contributed by atoms with Gasteiger partial charge in [-0.05, 0) is 19.5 Å². The Labute approximate surface area is 263 Å². The zero-order valence-electron chi connectivity index (χ0n) is 23.9. The zero-order chi connectivity index (χ0) is 30.8. The molecule has 5 N–H and O–H groups in total. The number of methoxy groups -OCH3 is 1. The average Bonchev–Trinajstić information content (AvgIpc) is 3.53. The predicted molar refractivity (Wildman–Crippen MR) is 147 cm³/mol. The van der Waals surface area contributed by atoms with Crippen LogP contribution >= 0.6 is 0 Å². The molecule has 2 aliphatic carbocycles. The maximum atomic E-state index is 13.8. The summed E-state index contributed by atoms with van der Waals surface area (Å²) in [6.07, 6.45) is 0.983. The zero-order valence-corrected chi connectivity index (χ0v) is 24.9. The van der Waals surface area contributed by atoms with Gasteiger partial charge in [-0.1, -0.05) is 18.6 Å². The Morgan fingerprint density at radius 2 is 1.89 bits per heavy atom. The third-order valence-corrected chi connectivity index (χ3v) is 8.90. The van der Waals surface area contributed by atoms with Gasteiger partial charge in [0.15, 0.2) is 17.9 Å². The van der Waals surface area contributed by atoms with Crippen molar-refractivity contribution in [2.75, 3.05) is 20.3 Å². The number of benzene rings is 2. The average molecular weight is 654 g/mol. The van der Waals surface area contributed by atoms with Gasteiger partial charge in [-0.3, -0.25) is 20.5 Å². The molecule has 12 nitrogen and oxygen atoms in total. The van der Waals surface area contributed by atoms with Gasteiger partial charge in [0.2, 0.25) is 5.78 Å². The summed E-state index contributed by atoms with van der Waals surface area (Å²) >= 11 is 0. The monoisotopic (exact) mass is 653 g/mol. The van der Waals surface area contributed by atoms with Crippen LogP contribution in [-0.4, -0.2) is 98.2 Å². The molecule has 2 aliphatic heterocycles. The van der Waals surface area contributed by atoms with Crippen LogP contribution in [0.25, 0.3) is 0 Å². The Balaban J connectivity index is 0.00000384. The van der Waals surface area contributed by atoms with Gasteiger partial charge in [0.25, 0.3) is 0 Å². The van der Waals surface area contributed by atoms with E-state index in [4.69, 9.17) is 14.2 Å². The molecule has 2 heterocycles. The van der Waals surface area contributed by atoms with Crippen molar-refractivity contribution in [2.24, 2.45) is 0 Å². The molecule has 0 amide bonds. The molecular weight excluding hydrogens is 621 g/mol. The number of ether oxygens (including phenoxy) is 3. The van der Waals surface area contributed by atoms with E-state index in [1.165, 1.54) is 25.3 Å². The molecule has 2 aromatic rings. The third kappa shape index (κ3) is 4.92. The molecule has 4 unspecified atom stereocenters. The van der Waals surface area contributed by atoms with Gasteiger partial charge in [-0.15, -0.1) is 0 Å². The molecule has 0 saturated carbocycles. The first-order valence-corrected chi connectivity index (χ1v) is 14.1. The second-order valence-electron chi connectivity index (χ2n) is 11.4. The topological polar surface area (TPSA) is 183 Å². The Morgan fingerprint density at radius 3 is 2.55 bits per heavy atom. The fourth-order valence-electron chi connectivity index (χ4n) is 6.71. The van der Waals surface area contributed by atoms with Gasteiger partial charge in [-0.25, -0.2) is 0 Å². The minimum absolute atomic E-state index is 0. The van der Waals surface area contributed by atoms with E-state index in [1.54, 1.807) is 6.92 Å². The molecule has 4 aliphatic rings. The molecular formula is C31H32CoNO11-. The summed E-state index contributed by atoms with van der Waals surface area (Å²) in [5, 5.41) is 55.0. The normalized spacial score (nSPS) is 29.0. The Hall–Kier alpha value is -3.30. The van der Waals surface area contributed by atoms with E-state index in [2.05, 4.69) is 6.20 Å². The summed E-state index contributed by atoms with van der Waals surface area (Å²) in [7, 11) is 1.33. The Morgan fingerprint density at radius 1 is 1.16 bits per heavy atom. The van der Waals surface area contributed by atoms with Gasteiger partial charge >= 0.3 is 0 Å². The molecule has 2 aromatic carbocycles. The van der Waals surface area contributed by atoms with E-state index in [0.29, 0.717) is 6.54 Å². The summed E-state index contributed by atoms with van der Waals surface area (Å²) in [4.78, 5) is 42.0. The summed E-state index contributed by atoms with van der Waals surface area (Å²) in [6, 6.07) is 3.98. The summed E-state index contributed by atoms with van der Waals surface area (Å²) < 4.78 is 17.5. The summed E-state index contributed by atoms with van der Waals surface area (Å²) in [5.41, 5.74) is -3.53. The van der Waals surface area contributed by atoms with Crippen molar-refractivity contribution in [2.45, 2.75) is 68.9 Å². The van der Waals surface area contributed by atoms with E-state index in [0.717, 1.165) is 6.42 Å². The molecule has 13 heteroatoms. The SMILES string of the molecule is COc1cccc2c1C(=O)c1c(O)c3c(c(O)c1C2=O)C[C@@](O)(C(=O)CO)C[C@@H]3OC1CC(N2[C-]=CCC2)C(O)C(C)O1.[Co]. The molecule has 44 heavy (non-hydrogen) atoms. The smallest absolute Gasteiger partial charge is 0.202 e. The number of nitrogens with zero attached hydrogens (tertiary/aromatic N) is 1. The molecule has 1 saturated heterocycles. The molecule has 6 rings (SSSR count). The number of phenols is 2. The second-order valence-corrected chi connectivity index (χ2v) is 11.4. The number of aliphatic hydroxyl groups excluding tert-OH is 2. The van der Waals surface area contributed by atoms with Crippen LogP contribution in [0.3, 0.4) is 0 Å². The largest absolute Gasteiger partial charge is 0.550 e. The van der Waals surface area contributed by atoms with E-state index in [1.807, 2.05) is 11.0 Å². The van der Waals surface area contributed by atoms with Crippen molar-refractivity contribution in [3.8, 4) is 17.2 Å². The number of carbonyl (C=O) groups is 3. The van der Waals surface area contributed by atoms with E-state index < -0.39 is 95.7 Å². The predicted octanol–water partition coefficient (Wildman–Crippen LogP) is 1.06. The third-order valence-electron chi connectivity index (χ3n) is 8.90. The molecule has 1 fully saturated rings. The van der Waals surface area contributed by atoms with Crippen LogP contribution in [0.4, 0.5) is 0 Å². The van der Waals surface area contributed by atoms with Crippen LogP contribution in [0, 0.1) is 6.20 Å². The van der Waals surface area contributed by atoms with Crippen LogP contribution in [0.15, 0.2) is 24.3 Å². The standard InChI is InChI=1S/C31H32NO11.Co/c1-14-26(35)17(32-8-3-4-9-32)10-21(42-14)43-19-12-31(40,20(34)13-33)11-16-23(19)30(39)25-24(28(16)37)27(36)15-6-5-7-18(41-2)22(15)29(25)38;/h3,5-7,14,17,19,21,26,33,35,37,39-40H,4,9-13H2,1-2H3;/q-1;/t14?,17?,19-,21?,26?,31-;/m0./s1. The number of phenolic OH excluding ortho intramolecular Hbond substituents is 2. The Bertz CT molecular complexity index is 1560. The van der Waals surface area contributed by atoms with Crippen LogP contribution in [0.1, 0.15) is 75.3 Å². The van der Waals surface area contributed by atoms with Gasteiger partial charge in [0.05, 0.1) is 42.1 Å². The molecule has 237 valence electrons. The number of Topliss-reactive ketones (excluding diaryl/α,β-unsaturated/α-hetero) is 1. The number of fused-ring (bicyclic) bond motifs is 3. The van der Waals surface area contributed by atoms with Crippen molar-refractivity contribution in [1.29, 1.82) is 0 Å². The van der Waals surface area contributed by atoms with Gasteiger partial charge < -0.3 is 50.8 Å². The first kappa shape index (κ1) is 32.1. The van der Waals surface area contributed by atoms with Crippen molar-refractivity contribution in [3.63, 3.8) is 0 Å². The number of hydrogen-bond donors (Lipinski definition) is 5. The number of aromatic hydroxyl groups is 2. The number of ketones is 3. The van der Waals surface area contributed by atoms with Crippen molar-refractivity contribution < 1.29 is 70.9 Å². The van der Waals surface area contributed by atoms with Crippen LogP contribution < -0.4 is 4.74 Å². The first-order valence-electron chi connectivity index (χ1n) is 14.1. The summed E-state index contributed by atoms with van der Waals surface area (Å²) in [5.74, 6) is -3.69. The van der Waals surface area contributed by atoms with E-state index in [9.17, 15) is 39.9 Å². The fraction of sp³-hybridized carbons (Fsp3) is 0.452. The summed E-state index contributed by atoms with van der Waals surface area (Å²) in [6.45, 7) is 1.30. The fourth-order valence-corrected chi connectivity index (χ4v) is 6.71. The minimum atomic E-state index is -2.24. The Kier molecular flexibility index (Phi) is 8.68. The van der Waals surface area contributed by atoms with E-state index >= 15 is 0 Å².